The van der Waals surface area contributed by atoms with E-state index in [0.29, 0.717) is 6.54 Å². The van der Waals surface area contributed by atoms with Crippen molar-refractivity contribution >= 4 is 11.8 Å². The lowest BCUT2D eigenvalue weighted by molar-refractivity contribution is 0.403. The predicted octanol–water partition coefficient (Wildman–Crippen LogP) is 1.38. The maximum absolute atomic E-state index is 9.10. The van der Waals surface area contributed by atoms with Gasteiger partial charge in [-0.1, -0.05) is 6.07 Å². The Hall–Kier alpha value is -0.930. The fourth-order valence-electron chi connectivity index (χ4n) is 0.916. The van der Waals surface area contributed by atoms with Gasteiger partial charge in [-0.25, -0.2) is 4.84 Å². The molecule has 1 aromatic carbocycles. The fourth-order valence-corrected chi connectivity index (χ4v) is 1.01. The molecular formula is C8H10ClNO2. The van der Waals surface area contributed by atoms with Gasteiger partial charge in [0.15, 0.2) is 11.5 Å². The highest BCUT2D eigenvalue weighted by atomic mass is 35.5. The van der Waals surface area contributed by atoms with Crippen LogP contribution in [0.4, 0.5) is 0 Å². The number of phenolic OH excluding ortho intramolecular Hbond substituents is 2. The number of phenols is 2. The van der Waals surface area contributed by atoms with E-state index < -0.39 is 0 Å². The van der Waals surface area contributed by atoms with Gasteiger partial charge < -0.3 is 10.2 Å². The van der Waals surface area contributed by atoms with E-state index in [-0.39, 0.29) is 11.5 Å². The summed E-state index contributed by atoms with van der Waals surface area (Å²) in [6, 6.07) is 4.71. The number of rotatable bonds is 3. The zero-order valence-electron chi connectivity index (χ0n) is 6.42. The van der Waals surface area contributed by atoms with Crippen LogP contribution in [0.2, 0.25) is 0 Å². The molecule has 1 aromatic rings. The van der Waals surface area contributed by atoms with Gasteiger partial charge in [0.2, 0.25) is 0 Å². The van der Waals surface area contributed by atoms with Crippen molar-refractivity contribution in [1.82, 2.24) is 4.84 Å². The van der Waals surface area contributed by atoms with Crippen molar-refractivity contribution in [2.45, 2.75) is 6.42 Å². The summed E-state index contributed by atoms with van der Waals surface area (Å²) in [7, 11) is 0. The van der Waals surface area contributed by atoms with E-state index in [1.807, 2.05) is 0 Å². The maximum atomic E-state index is 9.10. The van der Waals surface area contributed by atoms with E-state index in [9.17, 15) is 0 Å². The summed E-state index contributed by atoms with van der Waals surface area (Å²) in [5, 5.41) is 18.1. The lowest BCUT2D eigenvalue weighted by atomic mass is 10.1. The minimum absolute atomic E-state index is 0.0953. The Bertz CT molecular complexity index is 265. The van der Waals surface area contributed by atoms with Crippen molar-refractivity contribution < 1.29 is 10.2 Å². The van der Waals surface area contributed by atoms with Gasteiger partial charge in [0.1, 0.15) is 0 Å². The Balaban J connectivity index is 2.69. The molecule has 0 atom stereocenters. The summed E-state index contributed by atoms with van der Waals surface area (Å²) in [6.07, 6.45) is 0.720. The van der Waals surface area contributed by atoms with Gasteiger partial charge in [0, 0.05) is 6.54 Å². The highest BCUT2D eigenvalue weighted by Gasteiger charge is 1.99. The van der Waals surface area contributed by atoms with Crippen molar-refractivity contribution in [3.63, 3.8) is 0 Å². The van der Waals surface area contributed by atoms with Crippen LogP contribution in [-0.4, -0.2) is 16.8 Å². The molecule has 0 bridgehead atoms. The molecular weight excluding hydrogens is 178 g/mol. The molecule has 0 aliphatic heterocycles. The quantitative estimate of drug-likeness (QED) is 0.495. The standard InChI is InChI=1S/C8H10ClNO2/c9-10-4-3-6-1-2-7(11)8(12)5-6/h1-2,5,10-12H,3-4H2. The van der Waals surface area contributed by atoms with Crippen molar-refractivity contribution in [2.75, 3.05) is 6.54 Å². The van der Waals surface area contributed by atoms with Gasteiger partial charge in [0.05, 0.1) is 0 Å². The van der Waals surface area contributed by atoms with Gasteiger partial charge in [-0.3, -0.25) is 0 Å². The first kappa shape index (κ1) is 9.16. The average molecular weight is 188 g/mol. The molecule has 0 aliphatic carbocycles. The summed E-state index contributed by atoms with van der Waals surface area (Å²) in [5.41, 5.74) is 0.929. The van der Waals surface area contributed by atoms with Crippen LogP contribution in [0.25, 0.3) is 0 Å². The van der Waals surface area contributed by atoms with Crippen LogP contribution < -0.4 is 4.84 Å². The van der Waals surface area contributed by atoms with Crippen LogP contribution in [0.15, 0.2) is 18.2 Å². The van der Waals surface area contributed by atoms with Gasteiger partial charge >= 0.3 is 0 Å². The van der Waals surface area contributed by atoms with Crippen molar-refractivity contribution in [2.24, 2.45) is 0 Å². The Morgan fingerprint density at radius 2 is 2.00 bits per heavy atom. The predicted molar refractivity (Wildman–Crippen MR) is 47.3 cm³/mol. The number of halogens is 1. The second-order valence-corrected chi connectivity index (χ2v) is 2.72. The minimum Gasteiger partial charge on any atom is -0.504 e. The number of nitrogens with one attached hydrogen (secondary N) is 1. The molecule has 66 valence electrons. The number of hydrogen-bond donors (Lipinski definition) is 3. The third-order valence-corrected chi connectivity index (χ3v) is 1.74. The van der Waals surface area contributed by atoms with Gasteiger partial charge in [0.25, 0.3) is 0 Å². The van der Waals surface area contributed by atoms with Gasteiger partial charge in [-0.05, 0) is 35.9 Å². The number of hydrogen-bond acceptors (Lipinski definition) is 3. The first-order valence-corrected chi connectivity index (χ1v) is 3.96. The summed E-state index contributed by atoms with van der Waals surface area (Å²) in [6.45, 7) is 0.631. The summed E-state index contributed by atoms with van der Waals surface area (Å²) in [5.74, 6) is -0.195. The van der Waals surface area contributed by atoms with Crippen LogP contribution in [0.5, 0.6) is 11.5 Å². The molecule has 0 fully saturated rings. The van der Waals surface area contributed by atoms with Gasteiger partial charge in [-0.15, -0.1) is 0 Å². The summed E-state index contributed by atoms with van der Waals surface area (Å²) >= 11 is 5.26. The zero-order chi connectivity index (χ0) is 8.97. The summed E-state index contributed by atoms with van der Waals surface area (Å²) < 4.78 is 0. The molecule has 0 heterocycles. The third kappa shape index (κ3) is 2.29. The first-order chi connectivity index (χ1) is 5.74. The van der Waals surface area contributed by atoms with E-state index in [1.54, 1.807) is 6.07 Å². The van der Waals surface area contributed by atoms with Crippen LogP contribution in [0.3, 0.4) is 0 Å². The lowest BCUT2D eigenvalue weighted by Gasteiger charge is -2.01. The Labute approximate surface area is 75.7 Å². The zero-order valence-corrected chi connectivity index (χ0v) is 7.17. The molecule has 3 nitrogen and oxygen atoms in total. The Morgan fingerprint density at radius 3 is 2.58 bits per heavy atom. The normalized spacial score (nSPS) is 10.1. The number of aromatic hydroxyl groups is 2. The molecule has 0 aromatic heterocycles. The molecule has 0 spiro atoms. The smallest absolute Gasteiger partial charge is 0.157 e. The van der Waals surface area contributed by atoms with E-state index in [1.165, 1.54) is 12.1 Å². The molecule has 0 saturated heterocycles. The summed E-state index contributed by atoms with van der Waals surface area (Å²) in [4.78, 5) is 2.48. The highest BCUT2D eigenvalue weighted by molar-refractivity contribution is 6.13. The molecule has 0 aliphatic rings. The molecule has 0 amide bonds. The maximum Gasteiger partial charge on any atom is 0.157 e. The topological polar surface area (TPSA) is 52.5 Å². The Kier molecular flexibility index (Phi) is 3.19. The monoisotopic (exact) mass is 187 g/mol. The van der Waals surface area contributed by atoms with E-state index in [0.717, 1.165) is 12.0 Å². The first-order valence-electron chi connectivity index (χ1n) is 3.58. The molecule has 0 radical (unpaired) electrons. The van der Waals surface area contributed by atoms with Gasteiger partial charge in [-0.2, -0.15) is 0 Å². The van der Waals surface area contributed by atoms with E-state index in [4.69, 9.17) is 22.0 Å². The van der Waals surface area contributed by atoms with Crippen LogP contribution in [0, 0.1) is 0 Å². The van der Waals surface area contributed by atoms with Crippen molar-refractivity contribution in [3.05, 3.63) is 23.8 Å². The van der Waals surface area contributed by atoms with E-state index in [2.05, 4.69) is 4.84 Å². The van der Waals surface area contributed by atoms with Crippen LogP contribution >= 0.6 is 11.8 Å². The fraction of sp³-hybridized carbons (Fsp3) is 0.250. The van der Waals surface area contributed by atoms with Crippen molar-refractivity contribution in [1.29, 1.82) is 0 Å². The second kappa shape index (κ2) is 4.18. The molecule has 4 heteroatoms. The average Bonchev–Trinajstić information content (AvgIpc) is 2.07. The minimum atomic E-state index is -0.0995. The van der Waals surface area contributed by atoms with E-state index >= 15 is 0 Å². The molecule has 1 rings (SSSR count). The molecule has 3 N–H and O–H groups in total. The largest absolute Gasteiger partial charge is 0.504 e. The van der Waals surface area contributed by atoms with Crippen molar-refractivity contribution in [3.8, 4) is 11.5 Å². The SMILES string of the molecule is Oc1ccc(CCNCl)cc1O. The second-order valence-electron chi connectivity index (χ2n) is 2.46. The molecule has 12 heavy (non-hydrogen) atoms. The van der Waals surface area contributed by atoms with Crippen LogP contribution in [0.1, 0.15) is 5.56 Å². The third-order valence-electron chi connectivity index (χ3n) is 1.55. The molecule has 0 saturated carbocycles. The Morgan fingerprint density at radius 1 is 1.25 bits per heavy atom. The number of benzene rings is 1. The van der Waals surface area contributed by atoms with Crippen LogP contribution in [-0.2, 0) is 6.42 Å². The molecule has 0 unspecified atom stereocenters. The highest BCUT2D eigenvalue weighted by Crippen LogP contribution is 2.24. The lowest BCUT2D eigenvalue weighted by Crippen LogP contribution is -2.03.